The van der Waals surface area contributed by atoms with Crippen LogP contribution in [0, 0.1) is 0 Å². The number of nitrogens with zero attached hydrogens (tertiary/aromatic N) is 4. The Labute approximate surface area is 125 Å². The zero-order valence-corrected chi connectivity index (χ0v) is 11.5. The Morgan fingerprint density at radius 3 is 2.77 bits per heavy atom. The molecule has 0 saturated heterocycles. The van der Waals surface area contributed by atoms with Crippen molar-refractivity contribution in [3.63, 3.8) is 0 Å². The van der Waals surface area contributed by atoms with Crippen LogP contribution in [0.2, 0.25) is 0 Å². The predicted octanol–water partition coefficient (Wildman–Crippen LogP) is 2.93. The van der Waals surface area contributed by atoms with Crippen LogP contribution in [-0.4, -0.2) is 20.1 Å². The van der Waals surface area contributed by atoms with Gasteiger partial charge in [0.25, 0.3) is 0 Å². The lowest BCUT2D eigenvalue weighted by molar-refractivity contribution is 0.431. The van der Waals surface area contributed by atoms with Gasteiger partial charge in [0, 0.05) is 23.2 Å². The molecule has 3 heterocycles. The molecule has 22 heavy (non-hydrogen) atoms. The fraction of sp³-hybridized carbons (Fsp3) is 0. The highest BCUT2D eigenvalue weighted by molar-refractivity contribution is 5.86. The Bertz CT molecular complexity index is 950. The lowest BCUT2D eigenvalue weighted by atomic mass is 10.1. The van der Waals surface area contributed by atoms with Gasteiger partial charge in [0.15, 0.2) is 5.76 Å². The smallest absolute Gasteiger partial charge is 0.187 e. The van der Waals surface area contributed by atoms with Crippen LogP contribution in [0.1, 0.15) is 0 Å². The van der Waals surface area contributed by atoms with Crippen LogP contribution in [0.5, 0.6) is 0 Å². The van der Waals surface area contributed by atoms with E-state index in [0.29, 0.717) is 23.0 Å². The van der Waals surface area contributed by atoms with Gasteiger partial charge in [0.2, 0.25) is 0 Å². The molecule has 4 aromatic rings. The zero-order chi connectivity index (χ0) is 14.9. The Balaban J connectivity index is 1.94. The second kappa shape index (κ2) is 4.92. The SMILES string of the molecule is Nc1cnc(-c2ccc3ncccc3c2)c(-c2ccno2)n1. The van der Waals surface area contributed by atoms with Gasteiger partial charge in [-0.15, -0.1) is 0 Å². The number of pyridine rings is 1. The maximum atomic E-state index is 5.76. The van der Waals surface area contributed by atoms with E-state index in [1.165, 1.54) is 6.20 Å². The van der Waals surface area contributed by atoms with Crippen molar-refractivity contribution in [2.45, 2.75) is 0 Å². The van der Waals surface area contributed by atoms with Crippen molar-refractivity contribution in [2.24, 2.45) is 0 Å². The molecular formula is C16H11N5O. The molecule has 0 radical (unpaired) electrons. The summed E-state index contributed by atoms with van der Waals surface area (Å²) < 4.78 is 5.20. The van der Waals surface area contributed by atoms with Gasteiger partial charge in [-0.05, 0) is 18.2 Å². The third-order valence-corrected chi connectivity index (χ3v) is 3.34. The summed E-state index contributed by atoms with van der Waals surface area (Å²) >= 11 is 0. The van der Waals surface area contributed by atoms with Crippen LogP contribution in [0.25, 0.3) is 33.6 Å². The minimum absolute atomic E-state index is 0.331. The lowest BCUT2D eigenvalue weighted by Crippen LogP contribution is -1.97. The largest absolute Gasteiger partial charge is 0.382 e. The van der Waals surface area contributed by atoms with Crippen LogP contribution in [-0.2, 0) is 0 Å². The van der Waals surface area contributed by atoms with Crippen molar-refractivity contribution in [2.75, 3.05) is 5.73 Å². The first-order valence-corrected chi connectivity index (χ1v) is 6.70. The highest BCUT2D eigenvalue weighted by Gasteiger charge is 2.15. The number of nitrogens with two attached hydrogens (primary N) is 1. The maximum Gasteiger partial charge on any atom is 0.187 e. The van der Waals surface area contributed by atoms with Crippen molar-refractivity contribution >= 4 is 16.7 Å². The van der Waals surface area contributed by atoms with Gasteiger partial charge in [-0.1, -0.05) is 17.3 Å². The summed E-state index contributed by atoms with van der Waals surface area (Å²) in [5, 5.41) is 4.75. The van der Waals surface area contributed by atoms with E-state index >= 15 is 0 Å². The average Bonchev–Trinajstić information content (AvgIpc) is 3.09. The minimum atomic E-state index is 0.331. The number of benzene rings is 1. The number of rotatable bonds is 2. The molecule has 6 heteroatoms. The van der Waals surface area contributed by atoms with Crippen LogP contribution < -0.4 is 5.73 Å². The Morgan fingerprint density at radius 1 is 0.955 bits per heavy atom. The monoisotopic (exact) mass is 289 g/mol. The summed E-state index contributed by atoms with van der Waals surface area (Å²) in [4.78, 5) is 13.1. The Kier molecular flexibility index (Phi) is 2.79. The van der Waals surface area contributed by atoms with Gasteiger partial charge in [-0.3, -0.25) is 4.98 Å². The molecule has 0 fully saturated rings. The lowest BCUT2D eigenvalue weighted by Gasteiger charge is -2.07. The molecular weight excluding hydrogens is 278 g/mol. The Morgan fingerprint density at radius 2 is 1.91 bits per heavy atom. The highest BCUT2D eigenvalue weighted by Crippen LogP contribution is 2.30. The fourth-order valence-electron chi connectivity index (χ4n) is 2.35. The van der Waals surface area contributed by atoms with Crippen LogP contribution in [0.3, 0.4) is 0 Å². The van der Waals surface area contributed by atoms with Gasteiger partial charge in [0.05, 0.1) is 17.9 Å². The average molecular weight is 289 g/mol. The molecule has 6 nitrogen and oxygen atoms in total. The number of hydrogen-bond acceptors (Lipinski definition) is 6. The molecule has 3 aromatic heterocycles. The first-order valence-electron chi connectivity index (χ1n) is 6.70. The summed E-state index contributed by atoms with van der Waals surface area (Å²) in [6.45, 7) is 0. The van der Waals surface area contributed by atoms with Gasteiger partial charge >= 0.3 is 0 Å². The van der Waals surface area contributed by atoms with E-state index in [4.69, 9.17) is 10.3 Å². The van der Waals surface area contributed by atoms with E-state index in [-0.39, 0.29) is 0 Å². The second-order valence-corrected chi connectivity index (χ2v) is 4.78. The highest BCUT2D eigenvalue weighted by atomic mass is 16.5. The van der Waals surface area contributed by atoms with Gasteiger partial charge in [0.1, 0.15) is 17.2 Å². The van der Waals surface area contributed by atoms with E-state index in [2.05, 4.69) is 20.1 Å². The summed E-state index contributed by atoms with van der Waals surface area (Å²) in [5.41, 5.74) is 8.86. The molecule has 0 aliphatic heterocycles. The van der Waals surface area contributed by atoms with E-state index < -0.39 is 0 Å². The molecule has 4 rings (SSSR count). The fourth-order valence-corrected chi connectivity index (χ4v) is 2.35. The summed E-state index contributed by atoms with van der Waals surface area (Å²) in [5.74, 6) is 0.860. The molecule has 0 saturated carbocycles. The van der Waals surface area contributed by atoms with E-state index in [9.17, 15) is 0 Å². The van der Waals surface area contributed by atoms with Crippen molar-refractivity contribution in [3.05, 3.63) is 55.0 Å². The predicted molar refractivity (Wildman–Crippen MR) is 82.7 cm³/mol. The van der Waals surface area contributed by atoms with E-state index in [1.54, 1.807) is 18.5 Å². The molecule has 0 aliphatic rings. The zero-order valence-electron chi connectivity index (χ0n) is 11.5. The minimum Gasteiger partial charge on any atom is -0.382 e. The third-order valence-electron chi connectivity index (χ3n) is 3.34. The quantitative estimate of drug-likeness (QED) is 0.610. The number of hydrogen-bond donors (Lipinski definition) is 1. The molecule has 1 aromatic carbocycles. The third kappa shape index (κ3) is 2.07. The van der Waals surface area contributed by atoms with Crippen molar-refractivity contribution < 1.29 is 4.52 Å². The molecule has 0 unspecified atom stereocenters. The first kappa shape index (κ1) is 12.5. The van der Waals surface area contributed by atoms with Crippen LogP contribution >= 0.6 is 0 Å². The first-order chi connectivity index (χ1) is 10.8. The van der Waals surface area contributed by atoms with Gasteiger partial charge in [-0.2, -0.15) is 0 Å². The Hall–Kier alpha value is -3.28. The maximum absolute atomic E-state index is 5.76. The molecule has 106 valence electrons. The summed E-state index contributed by atoms with van der Waals surface area (Å²) in [6.07, 6.45) is 4.86. The van der Waals surface area contributed by atoms with Crippen LogP contribution in [0.15, 0.2) is 59.5 Å². The number of anilines is 1. The second-order valence-electron chi connectivity index (χ2n) is 4.78. The molecule has 0 spiro atoms. The topological polar surface area (TPSA) is 90.7 Å². The summed E-state index contributed by atoms with van der Waals surface area (Å²) in [6, 6.07) is 11.6. The number of nitrogen functional groups attached to an aromatic ring is 1. The van der Waals surface area contributed by atoms with Gasteiger partial charge in [-0.25, -0.2) is 9.97 Å². The molecule has 2 N–H and O–H groups in total. The van der Waals surface area contributed by atoms with Crippen molar-refractivity contribution in [1.82, 2.24) is 20.1 Å². The van der Waals surface area contributed by atoms with Crippen molar-refractivity contribution in [3.8, 4) is 22.7 Å². The molecule has 0 amide bonds. The molecule has 0 atom stereocenters. The molecule has 0 bridgehead atoms. The normalized spacial score (nSPS) is 10.9. The number of aromatic nitrogens is 4. The van der Waals surface area contributed by atoms with E-state index in [1.807, 2.05) is 30.3 Å². The van der Waals surface area contributed by atoms with Crippen molar-refractivity contribution in [1.29, 1.82) is 0 Å². The summed E-state index contributed by atoms with van der Waals surface area (Å²) in [7, 11) is 0. The van der Waals surface area contributed by atoms with E-state index in [0.717, 1.165) is 16.5 Å². The molecule has 0 aliphatic carbocycles. The number of fused-ring (bicyclic) bond motifs is 1. The standard InChI is InChI=1S/C16H11N5O/c17-14-9-19-15(16(21-14)13-5-7-20-22-13)11-3-4-12-10(8-11)2-1-6-18-12/h1-9H,(H2,17,21). The van der Waals surface area contributed by atoms with Gasteiger partial charge < -0.3 is 10.3 Å². The van der Waals surface area contributed by atoms with Crippen LogP contribution in [0.4, 0.5) is 5.82 Å².